The van der Waals surface area contributed by atoms with Crippen LogP contribution in [-0.2, 0) is 0 Å². The zero-order valence-corrected chi connectivity index (χ0v) is 7.83. The summed E-state index contributed by atoms with van der Waals surface area (Å²) in [6.07, 6.45) is 7.81. The van der Waals surface area contributed by atoms with Gasteiger partial charge in [-0.1, -0.05) is 57.1 Å². The lowest BCUT2D eigenvalue weighted by Crippen LogP contribution is -1.81. The highest BCUT2D eigenvalue weighted by molar-refractivity contribution is 7.50. The second-order valence-corrected chi connectivity index (χ2v) is 4.06. The summed E-state index contributed by atoms with van der Waals surface area (Å²) < 4.78 is 0. The van der Waals surface area contributed by atoms with Crippen molar-refractivity contribution >= 4 is 13.9 Å². The summed E-state index contributed by atoms with van der Waals surface area (Å²) in [4.78, 5) is 0. The van der Waals surface area contributed by atoms with Gasteiger partial charge in [0.15, 0.2) is 0 Å². The average molecular weight is 174 g/mol. The first-order chi connectivity index (χ1) is 5.97. The van der Waals surface area contributed by atoms with Crippen molar-refractivity contribution in [2.24, 2.45) is 0 Å². The molecule has 0 amide bonds. The molecular weight excluding hydrogens is 163 g/mol. The summed E-state index contributed by atoms with van der Waals surface area (Å²) >= 11 is 0. The summed E-state index contributed by atoms with van der Waals surface area (Å²) in [7, 11) is 0.945. The molecule has 0 N–H and O–H groups in total. The quantitative estimate of drug-likeness (QED) is 0.573. The van der Waals surface area contributed by atoms with Crippen molar-refractivity contribution in [2.45, 2.75) is 0 Å². The van der Waals surface area contributed by atoms with E-state index < -0.39 is 0 Å². The molecule has 1 heteroatoms. The average Bonchev–Trinajstić information content (AvgIpc) is 2.21. The van der Waals surface area contributed by atoms with Gasteiger partial charge in [-0.15, -0.1) is 0 Å². The predicted molar refractivity (Wildman–Crippen MR) is 56.7 cm³/mol. The van der Waals surface area contributed by atoms with E-state index in [1.54, 1.807) is 0 Å². The normalized spacial score (nSPS) is 17.8. The maximum absolute atomic E-state index is 2.23. The highest BCUT2D eigenvalue weighted by Crippen LogP contribution is 2.35. The van der Waals surface area contributed by atoms with Gasteiger partial charge in [0.25, 0.3) is 0 Å². The first-order valence-corrected chi connectivity index (χ1v) is 5.33. The summed E-state index contributed by atoms with van der Waals surface area (Å²) in [5.41, 5.74) is 1.38. The third kappa shape index (κ3) is 1.65. The Balaban J connectivity index is 2.31. The maximum Gasteiger partial charge on any atom is -0.0129 e. The minimum atomic E-state index is 0.945. The molecule has 0 aromatic heterocycles. The minimum absolute atomic E-state index is 0.945. The van der Waals surface area contributed by atoms with E-state index in [0.717, 1.165) is 8.58 Å². The van der Waals surface area contributed by atoms with E-state index in [-0.39, 0.29) is 0 Å². The van der Waals surface area contributed by atoms with Gasteiger partial charge in [-0.3, -0.25) is 0 Å². The van der Waals surface area contributed by atoms with Crippen molar-refractivity contribution in [3.63, 3.8) is 0 Å². The fourth-order valence-corrected chi connectivity index (χ4v) is 2.33. The van der Waals surface area contributed by atoms with E-state index in [9.17, 15) is 0 Å². The van der Waals surface area contributed by atoms with Crippen LogP contribution in [0.2, 0.25) is 0 Å². The molecule has 1 aliphatic heterocycles. The van der Waals surface area contributed by atoms with Crippen LogP contribution >= 0.6 is 8.58 Å². The standard InChI is InChI=1S/C11H11P/c1-2-6-10(7-3-1)11-8-4-5-9-12-11/h1-8,12H,9H2. The molecule has 0 fully saturated rings. The van der Waals surface area contributed by atoms with Gasteiger partial charge >= 0.3 is 0 Å². The van der Waals surface area contributed by atoms with Crippen molar-refractivity contribution in [3.05, 3.63) is 54.1 Å². The van der Waals surface area contributed by atoms with Gasteiger partial charge in [-0.25, -0.2) is 0 Å². The molecule has 0 nitrogen and oxygen atoms in total. The fourth-order valence-electron chi connectivity index (χ4n) is 1.28. The van der Waals surface area contributed by atoms with E-state index in [4.69, 9.17) is 0 Å². The molecule has 60 valence electrons. The summed E-state index contributed by atoms with van der Waals surface area (Å²) in [5.74, 6) is 0. The second kappa shape index (κ2) is 3.69. The highest BCUT2D eigenvalue weighted by atomic mass is 31.1. The Labute approximate surface area is 74.8 Å². The molecule has 0 saturated carbocycles. The first kappa shape index (κ1) is 7.76. The minimum Gasteiger partial charge on any atom is -0.0859 e. The lowest BCUT2D eigenvalue weighted by molar-refractivity contribution is 1.63. The van der Waals surface area contributed by atoms with E-state index in [2.05, 4.69) is 48.6 Å². The van der Waals surface area contributed by atoms with Gasteiger partial charge in [-0.05, 0) is 17.0 Å². The van der Waals surface area contributed by atoms with E-state index in [0.29, 0.717) is 0 Å². The molecule has 1 unspecified atom stereocenters. The summed E-state index contributed by atoms with van der Waals surface area (Å²) in [6, 6.07) is 10.6. The maximum atomic E-state index is 2.23. The van der Waals surface area contributed by atoms with Gasteiger partial charge in [-0.2, -0.15) is 0 Å². The molecular formula is C11H11P. The van der Waals surface area contributed by atoms with Crippen LogP contribution in [0.15, 0.2) is 48.6 Å². The molecule has 2 rings (SSSR count). The SMILES string of the molecule is C1=CCPC(c2ccccc2)=C1. The van der Waals surface area contributed by atoms with Crippen LogP contribution in [0.5, 0.6) is 0 Å². The van der Waals surface area contributed by atoms with E-state index in [1.807, 2.05) is 0 Å². The van der Waals surface area contributed by atoms with E-state index >= 15 is 0 Å². The van der Waals surface area contributed by atoms with Gasteiger partial charge in [0.2, 0.25) is 0 Å². The number of allylic oxidation sites excluding steroid dienone is 3. The second-order valence-electron chi connectivity index (χ2n) is 2.76. The Bertz CT molecular complexity index is 309. The molecule has 0 radical (unpaired) electrons. The van der Waals surface area contributed by atoms with Crippen LogP contribution < -0.4 is 0 Å². The molecule has 1 aromatic carbocycles. The first-order valence-electron chi connectivity index (χ1n) is 4.13. The zero-order valence-electron chi connectivity index (χ0n) is 6.83. The van der Waals surface area contributed by atoms with Gasteiger partial charge in [0.1, 0.15) is 0 Å². The van der Waals surface area contributed by atoms with Crippen molar-refractivity contribution in [1.82, 2.24) is 0 Å². The predicted octanol–water partition coefficient (Wildman–Crippen LogP) is 3.28. The fraction of sp³-hybridized carbons (Fsp3) is 0.0909. The molecule has 1 aliphatic rings. The Morgan fingerprint density at radius 1 is 1.08 bits per heavy atom. The summed E-state index contributed by atoms with van der Waals surface area (Å²) in [6.45, 7) is 0. The van der Waals surface area contributed by atoms with Crippen LogP contribution in [0.25, 0.3) is 5.31 Å². The van der Waals surface area contributed by atoms with Gasteiger partial charge < -0.3 is 0 Å². The largest absolute Gasteiger partial charge is 0.0859 e. The molecule has 0 saturated heterocycles. The number of hydrogen-bond donors (Lipinski definition) is 0. The highest BCUT2D eigenvalue weighted by Gasteiger charge is 2.00. The van der Waals surface area contributed by atoms with Crippen LogP contribution in [0.4, 0.5) is 0 Å². The smallest absolute Gasteiger partial charge is 0.0129 e. The van der Waals surface area contributed by atoms with Gasteiger partial charge in [0, 0.05) is 0 Å². The van der Waals surface area contributed by atoms with Crippen LogP contribution in [0.1, 0.15) is 5.56 Å². The zero-order chi connectivity index (χ0) is 8.23. The topological polar surface area (TPSA) is 0 Å². The number of rotatable bonds is 1. The summed E-state index contributed by atoms with van der Waals surface area (Å²) in [5, 5.41) is 1.48. The molecule has 1 aromatic rings. The van der Waals surface area contributed by atoms with E-state index in [1.165, 1.54) is 17.0 Å². The van der Waals surface area contributed by atoms with Gasteiger partial charge in [0.05, 0.1) is 0 Å². The Morgan fingerprint density at radius 2 is 1.92 bits per heavy atom. The van der Waals surface area contributed by atoms with Crippen LogP contribution in [-0.4, -0.2) is 6.16 Å². The van der Waals surface area contributed by atoms with Crippen molar-refractivity contribution in [3.8, 4) is 0 Å². The molecule has 12 heavy (non-hydrogen) atoms. The van der Waals surface area contributed by atoms with Crippen molar-refractivity contribution in [1.29, 1.82) is 0 Å². The third-order valence-corrected chi connectivity index (χ3v) is 3.17. The molecule has 0 aliphatic carbocycles. The molecule has 1 atom stereocenters. The molecule has 0 bridgehead atoms. The lowest BCUT2D eigenvalue weighted by atomic mass is 10.2. The van der Waals surface area contributed by atoms with Crippen molar-refractivity contribution < 1.29 is 0 Å². The molecule has 0 spiro atoms. The van der Waals surface area contributed by atoms with Crippen molar-refractivity contribution in [2.75, 3.05) is 6.16 Å². The van der Waals surface area contributed by atoms with Crippen LogP contribution in [0, 0.1) is 0 Å². The number of benzene rings is 1. The molecule has 1 heterocycles. The monoisotopic (exact) mass is 174 g/mol. The Hall–Kier alpha value is -0.870. The third-order valence-electron chi connectivity index (χ3n) is 1.89. The van der Waals surface area contributed by atoms with Crippen LogP contribution in [0.3, 0.4) is 0 Å². The number of hydrogen-bond acceptors (Lipinski definition) is 0. The Morgan fingerprint density at radius 3 is 2.58 bits per heavy atom. The Kier molecular flexibility index (Phi) is 2.39. The lowest BCUT2D eigenvalue weighted by Gasteiger charge is -2.08.